The lowest BCUT2D eigenvalue weighted by atomic mass is 9.86. The van der Waals surface area contributed by atoms with Crippen molar-refractivity contribution in [1.82, 2.24) is 0 Å². The second-order valence-electron chi connectivity index (χ2n) is 5.17. The van der Waals surface area contributed by atoms with E-state index in [0.717, 1.165) is 24.8 Å². The van der Waals surface area contributed by atoms with Gasteiger partial charge in [-0.05, 0) is 50.7 Å². The molecule has 0 saturated carbocycles. The first kappa shape index (κ1) is 15.7. The summed E-state index contributed by atoms with van der Waals surface area (Å²) in [6, 6.07) is 0. The van der Waals surface area contributed by atoms with E-state index >= 15 is 0 Å². The largest absolute Gasteiger partial charge is 0.451 e. The molecular weight excluding hydrogens is 240 g/mol. The number of ether oxygens (including phenoxy) is 1. The molecule has 0 aliphatic carbocycles. The summed E-state index contributed by atoms with van der Waals surface area (Å²) in [5, 5.41) is 0. The SMILES string of the molecule is CCC1=C[C@@](CC)(C[C@@H](/C=C/C(C)=O)CC)OC1=O. The Morgan fingerprint density at radius 3 is 2.53 bits per heavy atom. The van der Waals surface area contributed by atoms with E-state index in [1.54, 1.807) is 13.0 Å². The predicted molar refractivity (Wildman–Crippen MR) is 75.7 cm³/mol. The highest BCUT2D eigenvalue weighted by Crippen LogP contribution is 2.36. The zero-order valence-corrected chi connectivity index (χ0v) is 12.4. The first-order chi connectivity index (χ1) is 8.96. The molecule has 0 unspecified atom stereocenters. The Bertz CT molecular complexity index is 406. The quantitative estimate of drug-likeness (QED) is 0.521. The summed E-state index contributed by atoms with van der Waals surface area (Å²) in [5.74, 6) is 0.121. The molecule has 106 valence electrons. The topological polar surface area (TPSA) is 43.4 Å². The van der Waals surface area contributed by atoms with E-state index in [-0.39, 0.29) is 17.7 Å². The lowest BCUT2D eigenvalue weighted by molar-refractivity contribution is -0.147. The third kappa shape index (κ3) is 4.05. The van der Waals surface area contributed by atoms with Crippen LogP contribution in [0.15, 0.2) is 23.8 Å². The molecule has 19 heavy (non-hydrogen) atoms. The van der Waals surface area contributed by atoms with Gasteiger partial charge in [0.15, 0.2) is 5.78 Å². The van der Waals surface area contributed by atoms with Crippen molar-refractivity contribution in [2.45, 2.75) is 59.0 Å². The van der Waals surface area contributed by atoms with Gasteiger partial charge in [0.25, 0.3) is 0 Å². The molecule has 1 aliphatic heterocycles. The summed E-state index contributed by atoms with van der Waals surface area (Å²) in [6.45, 7) is 7.62. The van der Waals surface area contributed by atoms with E-state index in [4.69, 9.17) is 4.74 Å². The maximum Gasteiger partial charge on any atom is 0.334 e. The summed E-state index contributed by atoms with van der Waals surface area (Å²) in [7, 11) is 0. The second-order valence-corrected chi connectivity index (χ2v) is 5.17. The van der Waals surface area contributed by atoms with E-state index in [0.29, 0.717) is 6.42 Å². The molecule has 0 saturated heterocycles. The van der Waals surface area contributed by atoms with Crippen LogP contribution in [0, 0.1) is 5.92 Å². The fraction of sp³-hybridized carbons (Fsp3) is 0.625. The van der Waals surface area contributed by atoms with Crippen LogP contribution < -0.4 is 0 Å². The van der Waals surface area contributed by atoms with Crippen LogP contribution in [0.3, 0.4) is 0 Å². The van der Waals surface area contributed by atoms with Crippen LogP contribution in [0.2, 0.25) is 0 Å². The Balaban J connectivity index is 2.84. The first-order valence-electron chi connectivity index (χ1n) is 7.10. The van der Waals surface area contributed by atoms with Gasteiger partial charge in [0.05, 0.1) is 0 Å². The van der Waals surface area contributed by atoms with Crippen molar-refractivity contribution in [3.05, 3.63) is 23.8 Å². The van der Waals surface area contributed by atoms with Crippen LogP contribution >= 0.6 is 0 Å². The molecule has 1 rings (SSSR count). The van der Waals surface area contributed by atoms with Crippen LogP contribution in [0.4, 0.5) is 0 Å². The van der Waals surface area contributed by atoms with Gasteiger partial charge < -0.3 is 4.74 Å². The number of allylic oxidation sites excluding steroid dienone is 2. The zero-order chi connectivity index (χ0) is 14.5. The number of hydrogen-bond acceptors (Lipinski definition) is 3. The Morgan fingerprint density at radius 2 is 2.11 bits per heavy atom. The minimum absolute atomic E-state index is 0.0530. The third-order valence-corrected chi connectivity index (χ3v) is 3.71. The van der Waals surface area contributed by atoms with E-state index in [1.807, 2.05) is 26.0 Å². The minimum atomic E-state index is -0.482. The molecule has 0 bridgehead atoms. The molecule has 0 aromatic heterocycles. The summed E-state index contributed by atoms with van der Waals surface area (Å²) in [5.41, 5.74) is 0.289. The number of carbonyl (C=O) groups excluding carboxylic acids is 2. The smallest absolute Gasteiger partial charge is 0.334 e. The van der Waals surface area contributed by atoms with Crippen molar-refractivity contribution in [3.63, 3.8) is 0 Å². The van der Waals surface area contributed by atoms with Crippen molar-refractivity contribution >= 4 is 11.8 Å². The number of carbonyl (C=O) groups is 2. The van der Waals surface area contributed by atoms with E-state index in [9.17, 15) is 9.59 Å². The number of hydrogen-bond donors (Lipinski definition) is 0. The number of esters is 1. The summed E-state index contributed by atoms with van der Waals surface area (Å²) < 4.78 is 5.59. The zero-order valence-electron chi connectivity index (χ0n) is 12.4. The molecule has 1 aliphatic rings. The lowest BCUT2D eigenvalue weighted by Gasteiger charge is -2.28. The maximum absolute atomic E-state index is 11.8. The molecule has 1 heterocycles. The van der Waals surface area contributed by atoms with E-state index in [2.05, 4.69) is 6.92 Å². The highest BCUT2D eigenvalue weighted by molar-refractivity contribution is 5.91. The third-order valence-electron chi connectivity index (χ3n) is 3.71. The second kappa shape index (κ2) is 6.69. The molecule has 0 radical (unpaired) electrons. The van der Waals surface area contributed by atoms with Gasteiger partial charge in [-0.1, -0.05) is 26.8 Å². The van der Waals surface area contributed by atoms with E-state index < -0.39 is 5.60 Å². The van der Waals surface area contributed by atoms with Crippen molar-refractivity contribution in [2.24, 2.45) is 5.92 Å². The van der Waals surface area contributed by atoms with Gasteiger partial charge >= 0.3 is 5.97 Å². The highest BCUT2D eigenvalue weighted by atomic mass is 16.6. The fourth-order valence-electron chi connectivity index (χ4n) is 2.39. The van der Waals surface area contributed by atoms with Crippen molar-refractivity contribution in [2.75, 3.05) is 0 Å². The van der Waals surface area contributed by atoms with Gasteiger partial charge in [0.1, 0.15) is 5.60 Å². The van der Waals surface area contributed by atoms with Gasteiger partial charge in [0, 0.05) is 5.57 Å². The lowest BCUT2D eigenvalue weighted by Crippen LogP contribution is -2.30. The minimum Gasteiger partial charge on any atom is -0.451 e. The first-order valence-corrected chi connectivity index (χ1v) is 7.10. The van der Waals surface area contributed by atoms with E-state index in [1.165, 1.54) is 0 Å². The van der Waals surface area contributed by atoms with Gasteiger partial charge in [-0.3, -0.25) is 4.79 Å². The van der Waals surface area contributed by atoms with Crippen molar-refractivity contribution in [1.29, 1.82) is 0 Å². The average molecular weight is 264 g/mol. The van der Waals surface area contributed by atoms with Gasteiger partial charge in [-0.2, -0.15) is 0 Å². The monoisotopic (exact) mass is 264 g/mol. The van der Waals surface area contributed by atoms with Gasteiger partial charge in [0.2, 0.25) is 0 Å². The molecule has 3 nitrogen and oxygen atoms in total. The molecule has 3 heteroatoms. The summed E-state index contributed by atoms with van der Waals surface area (Å²) in [4.78, 5) is 22.8. The Hall–Kier alpha value is -1.38. The predicted octanol–water partition coefficient (Wildman–Crippen LogP) is 3.59. The Labute approximate surface area is 115 Å². The molecule has 2 atom stereocenters. The van der Waals surface area contributed by atoms with Crippen LogP contribution in [0.25, 0.3) is 0 Å². The van der Waals surface area contributed by atoms with Crippen molar-refractivity contribution in [3.8, 4) is 0 Å². The average Bonchev–Trinajstić information content (AvgIpc) is 2.71. The molecule has 0 aromatic carbocycles. The maximum atomic E-state index is 11.8. The number of rotatable bonds is 7. The molecule has 0 spiro atoms. The number of cyclic esters (lactones) is 1. The van der Waals surface area contributed by atoms with Gasteiger partial charge in [-0.15, -0.1) is 0 Å². The molecular formula is C16H24O3. The fourth-order valence-corrected chi connectivity index (χ4v) is 2.39. The molecule has 0 N–H and O–H groups in total. The Kier molecular flexibility index (Phi) is 5.52. The highest BCUT2D eigenvalue weighted by Gasteiger charge is 2.38. The number of ketones is 1. The standard InChI is InChI=1S/C16H24O3/c1-5-13(9-8-12(4)17)10-16(7-3)11-14(6-2)15(18)19-16/h8-9,11,13H,5-7,10H2,1-4H3/b9-8+/t13-,16-/m1/s1. The van der Waals surface area contributed by atoms with Crippen molar-refractivity contribution < 1.29 is 14.3 Å². The molecule has 0 aromatic rings. The molecule has 0 fully saturated rings. The van der Waals surface area contributed by atoms with Crippen LogP contribution in [-0.2, 0) is 14.3 Å². The van der Waals surface area contributed by atoms with Gasteiger partial charge in [-0.25, -0.2) is 4.79 Å². The summed E-state index contributed by atoms with van der Waals surface area (Å²) >= 11 is 0. The van der Waals surface area contributed by atoms with Crippen LogP contribution in [0.5, 0.6) is 0 Å². The Morgan fingerprint density at radius 1 is 1.42 bits per heavy atom. The normalized spacial score (nSPS) is 24.4. The summed E-state index contributed by atoms with van der Waals surface area (Å²) in [6.07, 6.45) is 8.69. The van der Waals surface area contributed by atoms with Crippen LogP contribution in [-0.4, -0.2) is 17.4 Å². The molecule has 0 amide bonds. The van der Waals surface area contributed by atoms with Crippen LogP contribution in [0.1, 0.15) is 53.4 Å².